The van der Waals surface area contributed by atoms with Gasteiger partial charge in [0.05, 0.1) is 11.0 Å². The number of fused-ring (bicyclic) bond motifs is 12. The molecule has 4 heterocycles. The molecule has 310 valence electrons. The van der Waals surface area contributed by atoms with Gasteiger partial charge in [0.2, 0.25) is 0 Å². The van der Waals surface area contributed by atoms with Crippen molar-refractivity contribution in [3.8, 4) is 16.8 Å². The van der Waals surface area contributed by atoms with Gasteiger partial charge in [0.25, 0.3) is 0 Å². The van der Waals surface area contributed by atoms with Gasteiger partial charge in [0.1, 0.15) is 0 Å². The van der Waals surface area contributed by atoms with Crippen LogP contribution in [-0.2, 0) is 21.7 Å². The van der Waals surface area contributed by atoms with Crippen LogP contribution in [0.3, 0.4) is 0 Å². The summed E-state index contributed by atoms with van der Waals surface area (Å²) in [5.41, 5.74) is 22.2. The van der Waals surface area contributed by atoms with Crippen molar-refractivity contribution in [3.63, 3.8) is 0 Å². The number of nitrogens with zero attached hydrogens (tertiary/aromatic N) is 3. The largest absolute Gasteiger partial charge is 0.375 e. The minimum Gasteiger partial charge on any atom is -0.375 e. The summed E-state index contributed by atoms with van der Waals surface area (Å²) in [5, 5.41) is 5.20. The summed E-state index contributed by atoms with van der Waals surface area (Å²) in [6.07, 6.45) is 0. The molecule has 0 bridgehead atoms. The van der Waals surface area contributed by atoms with Crippen LogP contribution in [0.5, 0.6) is 0 Å². The van der Waals surface area contributed by atoms with E-state index < -0.39 is 0 Å². The highest BCUT2D eigenvalue weighted by atomic mass is 15.2. The first-order chi connectivity index (χ1) is 29.9. The number of rotatable bonds is 2. The Morgan fingerprint density at radius 2 is 1.08 bits per heavy atom. The zero-order valence-corrected chi connectivity index (χ0v) is 38.7. The van der Waals surface area contributed by atoms with E-state index in [2.05, 4.69) is 230 Å². The minimum atomic E-state index is -0.286. The van der Waals surface area contributed by atoms with Gasteiger partial charge in [-0.2, -0.15) is 0 Å². The Kier molecular flexibility index (Phi) is 7.61. The predicted octanol–water partition coefficient (Wildman–Crippen LogP) is 14.9. The molecule has 0 saturated carbocycles. The van der Waals surface area contributed by atoms with E-state index in [0.29, 0.717) is 0 Å². The summed E-state index contributed by atoms with van der Waals surface area (Å²) in [7, 11) is 0. The monoisotopic (exact) mass is 817 g/mol. The lowest BCUT2D eigenvalue weighted by molar-refractivity contribution is 0.586. The van der Waals surface area contributed by atoms with Gasteiger partial charge in [-0.3, -0.25) is 0 Å². The van der Waals surface area contributed by atoms with Crippen molar-refractivity contribution in [2.75, 3.05) is 4.90 Å². The van der Waals surface area contributed by atoms with E-state index in [0.717, 1.165) is 0 Å². The molecule has 2 aromatic heterocycles. The third kappa shape index (κ3) is 5.15. The molecule has 7 aromatic carbocycles. The molecule has 0 atom stereocenters. The van der Waals surface area contributed by atoms with Crippen LogP contribution < -0.4 is 10.4 Å². The number of benzene rings is 7. The highest BCUT2D eigenvalue weighted by Gasteiger charge is 2.53. The van der Waals surface area contributed by atoms with E-state index in [1.165, 1.54) is 116 Å². The first-order valence-electron chi connectivity index (χ1n) is 23.0. The average Bonchev–Trinajstić information content (AvgIpc) is 3.85. The first kappa shape index (κ1) is 38.4. The number of hydrogen-bond donors (Lipinski definition) is 0. The second-order valence-electron chi connectivity index (χ2n) is 22.3. The van der Waals surface area contributed by atoms with Crippen LogP contribution in [0.15, 0.2) is 145 Å². The fourth-order valence-corrected chi connectivity index (χ4v) is 11.7. The van der Waals surface area contributed by atoms with Crippen molar-refractivity contribution in [1.82, 2.24) is 9.05 Å². The Morgan fingerprint density at radius 1 is 0.476 bits per heavy atom. The average molecular weight is 818 g/mol. The molecular weight excluding hydrogens is 761 g/mol. The third-order valence-corrected chi connectivity index (χ3v) is 14.9. The molecule has 63 heavy (non-hydrogen) atoms. The van der Waals surface area contributed by atoms with Crippen molar-refractivity contribution in [2.24, 2.45) is 0 Å². The predicted molar refractivity (Wildman–Crippen MR) is 271 cm³/mol. The highest BCUT2D eigenvalue weighted by molar-refractivity contribution is 6.93. The van der Waals surface area contributed by atoms with Crippen LogP contribution in [0.25, 0.3) is 65.9 Å². The molecule has 12 rings (SSSR count). The number of aromatic nitrogens is 2. The Bertz CT molecular complexity index is 3460. The van der Waals surface area contributed by atoms with Gasteiger partial charge in [-0.05, 0) is 109 Å². The molecule has 2 aliphatic heterocycles. The zero-order chi connectivity index (χ0) is 43.7. The van der Waals surface area contributed by atoms with Gasteiger partial charge in [0.15, 0.2) is 0 Å². The lowest BCUT2D eigenvalue weighted by Crippen LogP contribution is -2.50. The summed E-state index contributed by atoms with van der Waals surface area (Å²) in [4.78, 5) is 2.69. The van der Waals surface area contributed by atoms with E-state index in [4.69, 9.17) is 0 Å². The van der Waals surface area contributed by atoms with E-state index in [-0.39, 0.29) is 28.5 Å². The molecule has 0 radical (unpaired) electrons. The third-order valence-electron chi connectivity index (χ3n) is 14.9. The van der Waals surface area contributed by atoms with Crippen LogP contribution in [0.1, 0.15) is 104 Å². The molecule has 0 N–H and O–H groups in total. The van der Waals surface area contributed by atoms with E-state index in [9.17, 15) is 0 Å². The Morgan fingerprint density at radius 3 is 1.76 bits per heavy atom. The molecule has 1 aliphatic carbocycles. The Hall–Kier alpha value is -6.26. The minimum absolute atomic E-state index is 0.00661. The summed E-state index contributed by atoms with van der Waals surface area (Å²) in [6.45, 7) is 26.0. The second kappa shape index (κ2) is 12.5. The maximum atomic E-state index is 2.78. The number of anilines is 2. The summed E-state index contributed by atoms with van der Waals surface area (Å²) < 4.78 is 5.31. The fourth-order valence-electron chi connectivity index (χ4n) is 11.7. The summed E-state index contributed by atoms with van der Waals surface area (Å²) in [5.74, 6) is 0. The fraction of sp³-hybridized carbons (Fsp3) is 0.254. The molecule has 3 nitrogen and oxygen atoms in total. The van der Waals surface area contributed by atoms with Crippen molar-refractivity contribution >= 4 is 72.8 Å². The molecular formula is C59H56BN3. The van der Waals surface area contributed by atoms with E-state index in [1.54, 1.807) is 0 Å². The maximum Gasteiger partial charge on any atom is 0.333 e. The Balaban J connectivity index is 1.31. The smallest absolute Gasteiger partial charge is 0.333 e. The quantitative estimate of drug-likeness (QED) is 0.158. The van der Waals surface area contributed by atoms with Gasteiger partial charge < -0.3 is 13.9 Å². The van der Waals surface area contributed by atoms with Crippen molar-refractivity contribution in [2.45, 2.75) is 97.8 Å². The van der Waals surface area contributed by atoms with Gasteiger partial charge in [-0.25, -0.2) is 0 Å². The highest BCUT2D eigenvalue weighted by Crippen LogP contribution is 2.58. The van der Waals surface area contributed by atoms with Crippen LogP contribution in [0, 0.1) is 0 Å². The van der Waals surface area contributed by atoms with Crippen LogP contribution >= 0.6 is 0 Å². The van der Waals surface area contributed by atoms with Crippen molar-refractivity contribution < 1.29 is 0 Å². The van der Waals surface area contributed by atoms with Gasteiger partial charge in [0, 0.05) is 66.3 Å². The molecule has 0 fully saturated rings. The second-order valence-corrected chi connectivity index (χ2v) is 22.3. The van der Waals surface area contributed by atoms with Crippen LogP contribution in [0.2, 0.25) is 0 Å². The number of allylic oxidation sites excluding steroid dienone is 1. The Labute approximate surface area is 372 Å². The SMILES string of the molecule is CC(C)(C)c1ccc(N2C3=C(B4c5c(cc(C(C)(C)C)cc52)-c2cc5c6ccccc6n(-c6ccccc6)c5c5c6ccccc6n4c25)c2cc(C(C)(C)C)ccc2C3(C)C)cc1. The lowest BCUT2D eigenvalue weighted by atomic mass is 9.43. The lowest BCUT2D eigenvalue weighted by Gasteiger charge is -2.44. The number of para-hydroxylation sites is 3. The first-order valence-corrected chi connectivity index (χ1v) is 23.0. The van der Waals surface area contributed by atoms with E-state index >= 15 is 0 Å². The van der Waals surface area contributed by atoms with Gasteiger partial charge in [-0.1, -0.05) is 167 Å². The van der Waals surface area contributed by atoms with Gasteiger partial charge >= 0.3 is 6.85 Å². The summed E-state index contributed by atoms with van der Waals surface area (Å²) >= 11 is 0. The topological polar surface area (TPSA) is 13.1 Å². The van der Waals surface area contributed by atoms with E-state index in [1.807, 2.05) is 0 Å². The molecule has 0 saturated heterocycles. The molecule has 9 aromatic rings. The van der Waals surface area contributed by atoms with Gasteiger partial charge in [-0.15, -0.1) is 0 Å². The van der Waals surface area contributed by atoms with Crippen LogP contribution in [0.4, 0.5) is 11.4 Å². The molecule has 3 aliphatic rings. The normalized spacial score (nSPS) is 15.5. The molecule has 0 spiro atoms. The molecule has 4 heteroatoms. The van der Waals surface area contributed by atoms with Crippen LogP contribution in [-0.4, -0.2) is 15.9 Å². The standard InChI is InChI=1S/C59H56BN3/c1-56(2,3)35-25-28-39(29-26-35)62-49-33-37(58(7,8)9)32-42-44-34-43-40-21-15-17-23-47(40)61(38-19-13-12-14-20-38)53(43)50-41-22-16-18-24-48(41)63(54(44)50)60(51(42)49)52-45-31-36(57(4,5)6)27-30-46(45)59(10,11)55(52)62/h12-34H,1-11H3. The van der Waals surface area contributed by atoms with Crippen molar-refractivity contribution in [3.05, 3.63) is 173 Å². The zero-order valence-electron chi connectivity index (χ0n) is 38.7. The molecule has 0 unspecified atom stereocenters. The maximum absolute atomic E-state index is 2.78. The molecule has 0 amide bonds. The number of hydrogen-bond acceptors (Lipinski definition) is 1. The summed E-state index contributed by atoms with van der Waals surface area (Å²) in [6, 6.07) is 53.9. The van der Waals surface area contributed by atoms with Crippen molar-refractivity contribution in [1.29, 1.82) is 0 Å².